The lowest BCUT2D eigenvalue weighted by Crippen LogP contribution is -2.57. The SMILES string of the molecule is CCC1(C)C(O)CC1Oc1cc(Br)cc(F)c1F. The fourth-order valence-corrected chi connectivity index (χ4v) is 2.62. The molecule has 0 spiro atoms. The van der Waals surface area contributed by atoms with Crippen LogP contribution in [-0.4, -0.2) is 17.3 Å². The standard InChI is InChI=1S/C13H15BrF2O2/c1-3-13(2)10(17)6-11(13)18-9-5-7(14)4-8(15)12(9)16/h4-5,10-11,17H,3,6H2,1-2H3. The lowest BCUT2D eigenvalue weighted by molar-refractivity contribution is -0.148. The van der Waals surface area contributed by atoms with Gasteiger partial charge in [0.15, 0.2) is 11.6 Å². The number of benzene rings is 1. The van der Waals surface area contributed by atoms with Gasteiger partial charge in [-0.1, -0.05) is 29.8 Å². The molecule has 0 aliphatic heterocycles. The molecular weight excluding hydrogens is 306 g/mol. The van der Waals surface area contributed by atoms with E-state index in [0.29, 0.717) is 10.9 Å². The Morgan fingerprint density at radius 2 is 2.17 bits per heavy atom. The molecule has 1 aliphatic carbocycles. The van der Waals surface area contributed by atoms with Crippen LogP contribution < -0.4 is 4.74 Å². The lowest BCUT2D eigenvalue weighted by Gasteiger charge is -2.50. The molecule has 100 valence electrons. The molecule has 0 heterocycles. The van der Waals surface area contributed by atoms with Crippen molar-refractivity contribution in [2.75, 3.05) is 0 Å². The summed E-state index contributed by atoms with van der Waals surface area (Å²) in [6, 6.07) is 2.45. The van der Waals surface area contributed by atoms with Gasteiger partial charge in [-0.05, 0) is 18.6 Å². The molecular formula is C13H15BrF2O2. The molecule has 5 heteroatoms. The van der Waals surface area contributed by atoms with Crippen molar-refractivity contribution in [2.24, 2.45) is 5.41 Å². The maximum Gasteiger partial charge on any atom is 0.200 e. The van der Waals surface area contributed by atoms with Crippen molar-refractivity contribution in [3.63, 3.8) is 0 Å². The number of ether oxygens (including phenoxy) is 1. The lowest BCUT2D eigenvalue weighted by atomic mass is 9.63. The maximum absolute atomic E-state index is 13.6. The van der Waals surface area contributed by atoms with Crippen molar-refractivity contribution >= 4 is 15.9 Å². The Labute approximate surface area is 113 Å². The first-order valence-electron chi connectivity index (χ1n) is 5.87. The topological polar surface area (TPSA) is 29.5 Å². The van der Waals surface area contributed by atoms with Crippen molar-refractivity contribution in [1.82, 2.24) is 0 Å². The Bertz CT molecular complexity index is 467. The molecule has 0 aromatic heterocycles. The highest BCUT2D eigenvalue weighted by atomic mass is 79.9. The van der Waals surface area contributed by atoms with E-state index in [1.54, 1.807) is 0 Å². The number of halogens is 3. The van der Waals surface area contributed by atoms with E-state index in [1.807, 2.05) is 13.8 Å². The smallest absolute Gasteiger partial charge is 0.200 e. The third kappa shape index (κ3) is 2.14. The molecule has 2 rings (SSSR count). The van der Waals surface area contributed by atoms with Gasteiger partial charge in [0.05, 0.1) is 6.10 Å². The summed E-state index contributed by atoms with van der Waals surface area (Å²) in [7, 11) is 0. The number of aliphatic hydroxyl groups excluding tert-OH is 1. The predicted molar refractivity (Wildman–Crippen MR) is 67.5 cm³/mol. The normalized spacial score (nSPS) is 31.0. The van der Waals surface area contributed by atoms with Gasteiger partial charge in [0.1, 0.15) is 6.10 Å². The molecule has 0 saturated heterocycles. The van der Waals surface area contributed by atoms with Crippen LogP contribution in [0.4, 0.5) is 8.78 Å². The summed E-state index contributed by atoms with van der Waals surface area (Å²) in [5, 5.41) is 9.74. The van der Waals surface area contributed by atoms with Gasteiger partial charge in [-0.25, -0.2) is 4.39 Å². The monoisotopic (exact) mass is 320 g/mol. The van der Waals surface area contributed by atoms with Crippen LogP contribution >= 0.6 is 15.9 Å². The van der Waals surface area contributed by atoms with Gasteiger partial charge in [-0.15, -0.1) is 0 Å². The van der Waals surface area contributed by atoms with E-state index in [9.17, 15) is 13.9 Å². The highest BCUT2D eigenvalue weighted by Crippen LogP contribution is 2.46. The van der Waals surface area contributed by atoms with Crippen molar-refractivity contribution in [3.8, 4) is 5.75 Å². The Morgan fingerprint density at radius 3 is 2.72 bits per heavy atom. The van der Waals surface area contributed by atoms with E-state index >= 15 is 0 Å². The number of hydrogen-bond acceptors (Lipinski definition) is 2. The first kappa shape index (κ1) is 13.7. The van der Waals surface area contributed by atoms with Crippen molar-refractivity contribution in [3.05, 3.63) is 28.2 Å². The third-order valence-corrected chi connectivity index (χ3v) is 4.38. The minimum absolute atomic E-state index is 0.113. The zero-order chi connectivity index (χ0) is 13.5. The van der Waals surface area contributed by atoms with E-state index in [4.69, 9.17) is 4.74 Å². The number of hydrogen-bond donors (Lipinski definition) is 1. The van der Waals surface area contributed by atoms with E-state index in [-0.39, 0.29) is 11.9 Å². The van der Waals surface area contributed by atoms with Crippen LogP contribution in [0.25, 0.3) is 0 Å². The Morgan fingerprint density at radius 1 is 1.50 bits per heavy atom. The predicted octanol–water partition coefficient (Wildman–Crippen LogP) is 3.66. The molecule has 0 radical (unpaired) electrons. The summed E-state index contributed by atoms with van der Waals surface area (Å²) >= 11 is 3.10. The molecule has 1 aliphatic rings. The number of rotatable bonds is 3. The second-order valence-electron chi connectivity index (χ2n) is 4.92. The van der Waals surface area contributed by atoms with Gasteiger partial charge in [0, 0.05) is 16.3 Å². The largest absolute Gasteiger partial charge is 0.486 e. The fraction of sp³-hybridized carbons (Fsp3) is 0.538. The van der Waals surface area contributed by atoms with Crippen LogP contribution in [0.2, 0.25) is 0 Å². The van der Waals surface area contributed by atoms with Crippen molar-refractivity contribution < 1.29 is 18.6 Å². The molecule has 0 amide bonds. The quantitative estimate of drug-likeness (QED) is 0.861. The summed E-state index contributed by atoms with van der Waals surface area (Å²) in [5.41, 5.74) is -0.398. The summed E-state index contributed by atoms with van der Waals surface area (Å²) in [6.45, 7) is 3.83. The average Bonchev–Trinajstić information content (AvgIpc) is 2.33. The summed E-state index contributed by atoms with van der Waals surface area (Å²) in [5.74, 6) is -2.05. The Balaban J connectivity index is 2.21. The second kappa shape index (κ2) is 4.78. The minimum atomic E-state index is -0.988. The van der Waals surface area contributed by atoms with E-state index < -0.39 is 23.2 Å². The molecule has 0 bridgehead atoms. The van der Waals surface area contributed by atoms with Gasteiger partial charge in [-0.2, -0.15) is 4.39 Å². The first-order chi connectivity index (χ1) is 8.38. The van der Waals surface area contributed by atoms with Crippen LogP contribution in [0.1, 0.15) is 26.7 Å². The average molecular weight is 321 g/mol. The van der Waals surface area contributed by atoms with Gasteiger partial charge < -0.3 is 9.84 Å². The highest BCUT2D eigenvalue weighted by Gasteiger charge is 2.51. The summed E-state index contributed by atoms with van der Waals surface area (Å²) in [6.07, 6.45) is 0.419. The molecule has 3 unspecified atom stereocenters. The molecule has 2 nitrogen and oxygen atoms in total. The molecule has 1 aromatic rings. The first-order valence-corrected chi connectivity index (χ1v) is 6.67. The minimum Gasteiger partial charge on any atom is -0.486 e. The van der Waals surface area contributed by atoms with Gasteiger partial charge in [-0.3, -0.25) is 0 Å². The van der Waals surface area contributed by atoms with E-state index in [1.165, 1.54) is 6.07 Å². The van der Waals surface area contributed by atoms with Crippen LogP contribution in [0.3, 0.4) is 0 Å². The van der Waals surface area contributed by atoms with Crippen LogP contribution in [0.5, 0.6) is 5.75 Å². The Hall–Kier alpha value is -0.680. The van der Waals surface area contributed by atoms with Crippen LogP contribution in [-0.2, 0) is 0 Å². The van der Waals surface area contributed by atoms with E-state index in [2.05, 4.69) is 15.9 Å². The van der Waals surface area contributed by atoms with Crippen molar-refractivity contribution in [2.45, 2.75) is 38.9 Å². The maximum atomic E-state index is 13.6. The highest BCUT2D eigenvalue weighted by molar-refractivity contribution is 9.10. The van der Waals surface area contributed by atoms with Gasteiger partial charge >= 0.3 is 0 Å². The molecule has 3 atom stereocenters. The molecule has 1 N–H and O–H groups in total. The summed E-state index contributed by atoms with van der Waals surface area (Å²) < 4.78 is 32.7. The Kier molecular flexibility index (Phi) is 3.65. The third-order valence-electron chi connectivity index (χ3n) is 3.92. The van der Waals surface area contributed by atoms with Gasteiger partial charge in [0.2, 0.25) is 5.82 Å². The summed E-state index contributed by atoms with van der Waals surface area (Å²) in [4.78, 5) is 0. The van der Waals surface area contributed by atoms with Crippen LogP contribution in [0, 0.1) is 17.0 Å². The molecule has 1 fully saturated rings. The molecule has 1 aromatic carbocycles. The fourth-order valence-electron chi connectivity index (χ4n) is 2.21. The number of aliphatic hydroxyl groups is 1. The second-order valence-corrected chi connectivity index (χ2v) is 5.83. The van der Waals surface area contributed by atoms with Crippen molar-refractivity contribution in [1.29, 1.82) is 0 Å². The molecule has 1 saturated carbocycles. The zero-order valence-corrected chi connectivity index (χ0v) is 11.8. The van der Waals surface area contributed by atoms with Crippen LogP contribution in [0.15, 0.2) is 16.6 Å². The van der Waals surface area contributed by atoms with Gasteiger partial charge in [0.25, 0.3) is 0 Å². The van der Waals surface area contributed by atoms with E-state index in [0.717, 1.165) is 12.5 Å². The zero-order valence-electron chi connectivity index (χ0n) is 10.2. The molecule has 18 heavy (non-hydrogen) atoms.